The van der Waals surface area contributed by atoms with E-state index >= 15 is 0 Å². The molecule has 0 bridgehead atoms. The summed E-state index contributed by atoms with van der Waals surface area (Å²) in [6.45, 7) is 3.78. The van der Waals surface area contributed by atoms with Crippen LogP contribution in [-0.2, 0) is 6.54 Å². The van der Waals surface area contributed by atoms with Gasteiger partial charge in [0.25, 0.3) is 5.91 Å². The second-order valence-corrected chi connectivity index (χ2v) is 6.05. The summed E-state index contributed by atoms with van der Waals surface area (Å²) in [6, 6.07) is 9.50. The van der Waals surface area contributed by atoms with E-state index in [1.54, 1.807) is 13.2 Å². The number of hydrogen-bond donors (Lipinski definition) is 1. The molecule has 1 aliphatic heterocycles. The number of aromatic nitrogens is 2. The molecule has 0 spiro atoms. The molecule has 25 heavy (non-hydrogen) atoms. The van der Waals surface area contributed by atoms with Crippen molar-refractivity contribution in [2.24, 2.45) is 0 Å². The first-order valence-electron chi connectivity index (χ1n) is 8.33. The van der Waals surface area contributed by atoms with Gasteiger partial charge in [-0.25, -0.2) is 9.97 Å². The van der Waals surface area contributed by atoms with Gasteiger partial charge in [0.05, 0.1) is 7.11 Å². The average molecular weight is 341 g/mol. The third-order valence-electron chi connectivity index (χ3n) is 4.33. The minimum absolute atomic E-state index is 0.0455. The molecule has 1 aromatic heterocycles. The van der Waals surface area contributed by atoms with Crippen LogP contribution in [0.5, 0.6) is 5.75 Å². The van der Waals surface area contributed by atoms with E-state index in [9.17, 15) is 4.79 Å². The molecular weight excluding hydrogens is 318 g/mol. The molecule has 0 aliphatic carbocycles. The molecule has 1 amide bonds. The van der Waals surface area contributed by atoms with E-state index in [1.165, 1.54) is 6.33 Å². The summed E-state index contributed by atoms with van der Waals surface area (Å²) in [5, 5.41) is 3.23. The van der Waals surface area contributed by atoms with Gasteiger partial charge in [-0.05, 0) is 13.1 Å². The number of rotatable bonds is 5. The van der Waals surface area contributed by atoms with Crippen LogP contribution < -0.4 is 10.1 Å². The summed E-state index contributed by atoms with van der Waals surface area (Å²) < 4.78 is 5.35. The molecule has 0 radical (unpaired) electrons. The van der Waals surface area contributed by atoms with E-state index < -0.39 is 0 Å². The summed E-state index contributed by atoms with van der Waals surface area (Å²) in [7, 11) is 3.71. The summed E-state index contributed by atoms with van der Waals surface area (Å²) >= 11 is 0. The third-order valence-corrected chi connectivity index (χ3v) is 4.33. The Morgan fingerprint density at radius 1 is 1.20 bits per heavy atom. The first-order valence-corrected chi connectivity index (χ1v) is 8.33. The zero-order chi connectivity index (χ0) is 17.6. The minimum Gasteiger partial charge on any atom is -0.496 e. The normalized spacial score (nSPS) is 15.0. The lowest BCUT2D eigenvalue weighted by atomic mass is 10.2. The van der Waals surface area contributed by atoms with Crippen molar-refractivity contribution in [1.29, 1.82) is 0 Å². The van der Waals surface area contributed by atoms with Gasteiger partial charge in [0.1, 0.15) is 23.6 Å². The number of nitrogens with zero attached hydrogens (tertiary/aromatic N) is 4. The zero-order valence-electron chi connectivity index (χ0n) is 14.6. The van der Waals surface area contributed by atoms with Gasteiger partial charge < -0.3 is 19.9 Å². The molecule has 7 heteroatoms. The number of carbonyl (C=O) groups excluding carboxylic acids is 1. The van der Waals surface area contributed by atoms with Crippen LogP contribution in [0.2, 0.25) is 0 Å². The maximum atomic E-state index is 12.6. The van der Waals surface area contributed by atoms with Crippen LogP contribution >= 0.6 is 0 Å². The van der Waals surface area contributed by atoms with Crippen molar-refractivity contribution >= 4 is 11.7 Å². The van der Waals surface area contributed by atoms with Crippen molar-refractivity contribution in [2.75, 3.05) is 45.7 Å². The lowest BCUT2D eigenvalue weighted by molar-refractivity contribution is 0.0658. The fraction of sp³-hybridized carbons (Fsp3) is 0.389. The molecule has 1 N–H and O–H groups in total. The molecule has 0 atom stereocenters. The van der Waals surface area contributed by atoms with Crippen molar-refractivity contribution in [2.45, 2.75) is 6.54 Å². The summed E-state index contributed by atoms with van der Waals surface area (Å²) in [6.07, 6.45) is 1.42. The van der Waals surface area contributed by atoms with Gasteiger partial charge in [0, 0.05) is 44.4 Å². The van der Waals surface area contributed by atoms with Crippen molar-refractivity contribution < 1.29 is 9.53 Å². The minimum atomic E-state index is -0.0455. The van der Waals surface area contributed by atoms with Gasteiger partial charge in [-0.2, -0.15) is 0 Å². The van der Waals surface area contributed by atoms with E-state index in [-0.39, 0.29) is 5.91 Å². The Bertz CT molecular complexity index is 729. The highest BCUT2D eigenvalue weighted by molar-refractivity contribution is 5.93. The number of para-hydroxylation sites is 1. The molecule has 1 aromatic carbocycles. The van der Waals surface area contributed by atoms with Crippen LogP contribution in [0, 0.1) is 0 Å². The van der Waals surface area contributed by atoms with E-state index in [0.29, 0.717) is 18.1 Å². The Kier molecular flexibility index (Phi) is 5.45. The fourth-order valence-electron chi connectivity index (χ4n) is 2.78. The number of methoxy groups -OCH3 is 1. The smallest absolute Gasteiger partial charge is 0.272 e. The highest BCUT2D eigenvalue weighted by Gasteiger charge is 2.21. The molecule has 7 nitrogen and oxygen atoms in total. The van der Waals surface area contributed by atoms with Gasteiger partial charge in [-0.1, -0.05) is 18.2 Å². The zero-order valence-corrected chi connectivity index (χ0v) is 14.6. The highest BCUT2D eigenvalue weighted by Crippen LogP contribution is 2.18. The van der Waals surface area contributed by atoms with Crippen molar-refractivity contribution in [1.82, 2.24) is 19.8 Å². The molecule has 1 aliphatic rings. The Hall–Kier alpha value is -2.67. The molecule has 2 aromatic rings. The van der Waals surface area contributed by atoms with E-state index in [2.05, 4.69) is 27.2 Å². The van der Waals surface area contributed by atoms with Gasteiger partial charge in [-0.15, -0.1) is 0 Å². The fourth-order valence-corrected chi connectivity index (χ4v) is 2.78. The van der Waals surface area contributed by atoms with E-state index in [0.717, 1.165) is 37.5 Å². The highest BCUT2D eigenvalue weighted by atomic mass is 16.5. The Morgan fingerprint density at radius 2 is 1.96 bits per heavy atom. The van der Waals surface area contributed by atoms with Crippen molar-refractivity contribution in [3.8, 4) is 5.75 Å². The summed E-state index contributed by atoms with van der Waals surface area (Å²) in [5.74, 6) is 1.40. The second-order valence-electron chi connectivity index (χ2n) is 6.05. The van der Waals surface area contributed by atoms with Crippen molar-refractivity contribution in [3.63, 3.8) is 0 Å². The number of likely N-dealkylation sites (N-methyl/N-ethyl adjacent to an activating group) is 1. The standard InChI is InChI=1S/C18H23N5O2/c1-22-7-9-23(10-8-22)18(24)15-11-17(21-13-20-15)19-12-14-5-3-4-6-16(14)25-2/h3-6,11,13H,7-10,12H2,1-2H3,(H,19,20,21). The maximum absolute atomic E-state index is 12.6. The second kappa shape index (κ2) is 7.94. The maximum Gasteiger partial charge on any atom is 0.272 e. The number of piperazine rings is 1. The van der Waals surface area contributed by atoms with E-state index in [1.807, 2.05) is 29.2 Å². The molecule has 0 unspecified atom stereocenters. The number of carbonyl (C=O) groups is 1. The first kappa shape index (κ1) is 17.2. The predicted molar refractivity (Wildman–Crippen MR) is 95.8 cm³/mol. The summed E-state index contributed by atoms with van der Waals surface area (Å²) in [5.41, 5.74) is 1.44. The number of benzene rings is 1. The largest absolute Gasteiger partial charge is 0.496 e. The predicted octanol–water partition coefficient (Wildman–Crippen LogP) is 1.48. The summed E-state index contributed by atoms with van der Waals surface area (Å²) in [4.78, 5) is 25.0. The van der Waals surface area contributed by atoms with Crippen LogP contribution in [-0.4, -0.2) is 66.0 Å². The topological polar surface area (TPSA) is 70.6 Å². The molecular formula is C18H23N5O2. The van der Waals surface area contributed by atoms with Crippen LogP contribution in [0.25, 0.3) is 0 Å². The SMILES string of the molecule is COc1ccccc1CNc1cc(C(=O)N2CCN(C)CC2)ncn1. The molecule has 1 saturated heterocycles. The first-order chi connectivity index (χ1) is 12.2. The number of anilines is 1. The Balaban J connectivity index is 1.66. The van der Waals surface area contributed by atoms with Gasteiger partial charge >= 0.3 is 0 Å². The number of hydrogen-bond acceptors (Lipinski definition) is 6. The van der Waals surface area contributed by atoms with Gasteiger partial charge in [0.15, 0.2) is 0 Å². The van der Waals surface area contributed by atoms with E-state index in [4.69, 9.17) is 4.74 Å². The Morgan fingerprint density at radius 3 is 2.72 bits per heavy atom. The van der Waals surface area contributed by atoms with Crippen LogP contribution in [0.3, 0.4) is 0 Å². The monoisotopic (exact) mass is 341 g/mol. The molecule has 1 fully saturated rings. The Labute approximate surface area is 147 Å². The quantitative estimate of drug-likeness (QED) is 0.888. The molecule has 3 rings (SSSR count). The number of ether oxygens (including phenoxy) is 1. The van der Waals surface area contributed by atoms with Crippen LogP contribution in [0.4, 0.5) is 5.82 Å². The van der Waals surface area contributed by atoms with Crippen molar-refractivity contribution in [3.05, 3.63) is 47.9 Å². The lowest BCUT2D eigenvalue weighted by Crippen LogP contribution is -2.47. The van der Waals surface area contributed by atoms with Crippen LogP contribution in [0.1, 0.15) is 16.1 Å². The molecule has 2 heterocycles. The number of nitrogens with one attached hydrogen (secondary N) is 1. The average Bonchev–Trinajstić information content (AvgIpc) is 2.67. The van der Waals surface area contributed by atoms with Crippen LogP contribution in [0.15, 0.2) is 36.7 Å². The lowest BCUT2D eigenvalue weighted by Gasteiger charge is -2.32. The van der Waals surface area contributed by atoms with Gasteiger partial charge in [-0.3, -0.25) is 4.79 Å². The third kappa shape index (κ3) is 4.24. The van der Waals surface area contributed by atoms with Gasteiger partial charge in [0.2, 0.25) is 0 Å². The molecule has 0 saturated carbocycles. The number of amides is 1. The molecule has 132 valence electrons.